The fraction of sp³-hybridized carbons (Fsp3) is 0.333. The van der Waals surface area contributed by atoms with Gasteiger partial charge in [-0.1, -0.05) is 0 Å². The minimum absolute atomic E-state index is 0.365. The molecule has 2 aromatic rings. The molecule has 0 amide bonds. The van der Waals surface area contributed by atoms with E-state index in [4.69, 9.17) is 0 Å². The second kappa shape index (κ2) is 5.15. The van der Waals surface area contributed by atoms with Gasteiger partial charge in [0.2, 0.25) is 0 Å². The van der Waals surface area contributed by atoms with Crippen LogP contribution in [0.1, 0.15) is 31.4 Å². The zero-order valence-electron chi connectivity index (χ0n) is 11.2. The maximum Gasteiger partial charge on any atom is 0.161 e. The molecule has 1 aromatic carbocycles. The van der Waals surface area contributed by atoms with Gasteiger partial charge < -0.3 is 5.32 Å². The van der Waals surface area contributed by atoms with Crippen molar-refractivity contribution in [3.63, 3.8) is 0 Å². The van der Waals surface area contributed by atoms with Gasteiger partial charge in [0.1, 0.15) is 17.5 Å². The van der Waals surface area contributed by atoms with Crippen LogP contribution in [0.25, 0.3) is 11.4 Å². The summed E-state index contributed by atoms with van der Waals surface area (Å²) in [5.74, 6) is 0.274. The zero-order chi connectivity index (χ0) is 14.1. The molecule has 0 bridgehead atoms. The van der Waals surface area contributed by atoms with E-state index in [9.17, 15) is 8.78 Å². The third kappa shape index (κ3) is 2.76. The maximum atomic E-state index is 13.3. The lowest BCUT2D eigenvalue weighted by Crippen LogP contribution is -2.04. The van der Waals surface area contributed by atoms with Gasteiger partial charge in [0.05, 0.1) is 0 Å². The van der Waals surface area contributed by atoms with Gasteiger partial charge in [0.25, 0.3) is 0 Å². The standard InChI is InChI=1S/C15H15F2N3/c1-2-18-14-8-13(9-3-4-9)19-15(20-14)10-5-11(16)7-12(17)6-10/h5-9H,2-4H2,1H3,(H,18,19,20). The summed E-state index contributed by atoms with van der Waals surface area (Å²) in [5.41, 5.74) is 1.31. The predicted molar refractivity (Wildman–Crippen MR) is 73.5 cm³/mol. The minimum Gasteiger partial charge on any atom is -0.370 e. The molecule has 0 atom stereocenters. The molecule has 1 fully saturated rings. The molecule has 104 valence electrons. The van der Waals surface area contributed by atoms with Crippen LogP contribution in [0.5, 0.6) is 0 Å². The Labute approximate surface area is 116 Å². The van der Waals surface area contributed by atoms with Crippen LogP contribution in [0.4, 0.5) is 14.6 Å². The molecule has 20 heavy (non-hydrogen) atoms. The normalized spacial score (nSPS) is 14.3. The number of nitrogens with one attached hydrogen (secondary N) is 1. The summed E-state index contributed by atoms with van der Waals surface area (Å²) < 4.78 is 26.6. The average molecular weight is 275 g/mol. The van der Waals surface area contributed by atoms with Crippen molar-refractivity contribution in [1.82, 2.24) is 9.97 Å². The molecule has 0 spiro atoms. The molecule has 1 saturated carbocycles. The third-order valence-corrected chi connectivity index (χ3v) is 3.22. The molecule has 3 nitrogen and oxygen atoms in total. The van der Waals surface area contributed by atoms with Crippen molar-refractivity contribution in [2.75, 3.05) is 11.9 Å². The van der Waals surface area contributed by atoms with Crippen LogP contribution in [0.2, 0.25) is 0 Å². The lowest BCUT2D eigenvalue weighted by molar-refractivity contribution is 0.584. The third-order valence-electron chi connectivity index (χ3n) is 3.22. The largest absolute Gasteiger partial charge is 0.370 e. The fourth-order valence-corrected chi connectivity index (χ4v) is 2.14. The SMILES string of the molecule is CCNc1cc(C2CC2)nc(-c2cc(F)cc(F)c2)n1. The molecule has 1 heterocycles. The number of anilines is 1. The van der Waals surface area contributed by atoms with Crippen LogP contribution in [-0.4, -0.2) is 16.5 Å². The van der Waals surface area contributed by atoms with E-state index in [1.165, 1.54) is 12.1 Å². The summed E-state index contributed by atoms with van der Waals surface area (Å²) in [5, 5.41) is 3.13. The Morgan fingerprint density at radius 3 is 2.40 bits per heavy atom. The predicted octanol–water partition coefficient (Wildman–Crippen LogP) is 3.73. The van der Waals surface area contributed by atoms with Crippen LogP contribution >= 0.6 is 0 Å². The summed E-state index contributed by atoms with van der Waals surface area (Å²) in [4.78, 5) is 8.78. The van der Waals surface area contributed by atoms with Crippen LogP contribution in [0, 0.1) is 11.6 Å². The van der Waals surface area contributed by atoms with E-state index in [2.05, 4.69) is 15.3 Å². The van der Waals surface area contributed by atoms with Crippen molar-refractivity contribution in [2.45, 2.75) is 25.7 Å². The van der Waals surface area contributed by atoms with Crippen molar-refractivity contribution in [3.8, 4) is 11.4 Å². The summed E-state index contributed by atoms with van der Waals surface area (Å²) >= 11 is 0. The van der Waals surface area contributed by atoms with Gasteiger partial charge >= 0.3 is 0 Å². The second-order valence-corrected chi connectivity index (χ2v) is 4.96. The van der Waals surface area contributed by atoms with Gasteiger partial charge in [0, 0.05) is 35.9 Å². The zero-order valence-corrected chi connectivity index (χ0v) is 11.2. The van der Waals surface area contributed by atoms with E-state index in [0.29, 0.717) is 23.1 Å². The van der Waals surface area contributed by atoms with E-state index < -0.39 is 11.6 Å². The highest BCUT2D eigenvalue weighted by molar-refractivity contribution is 5.58. The van der Waals surface area contributed by atoms with Gasteiger partial charge in [-0.15, -0.1) is 0 Å². The lowest BCUT2D eigenvalue weighted by Gasteiger charge is -2.09. The number of hydrogen-bond donors (Lipinski definition) is 1. The first kappa shape index (κ1) is 13.0. The number of halogens is 2. The van der Waals surface area contributed by atoms with Crippen molar-refractivity contribution < 1.29 is 8.78 Å². The van der Waals surface area contributed by atoms with Gasteiger partial charge in [-0.25, -0.2) is 18.7 Å². The van der Waals surface area contributed by atoms with Crippen LogP contribution in [0.3, 0.4) is 0 Å². The number of hydrogen-bond acceptors (Lipinski definition) is 3. The lowest BCUT2D eigenvalue weighted by atomic mass is 10.2. The molecule has 1 aliphatic carbocycles. The highest BCUT2D eigenvalue weighted by Gasteiger charge is 2.26. The fourth-order valence-electron chi connectivity index (χ4n) is 2.14. The number of benzene rings is 1. The molecular weight excluding hydrogens is 260 g/mol. The van der Waals surface area contributed by atoms with Crippen molar-refractivity contribution >= 4 is 5.82 Å². The van der Waals surface area contributed by atoms with E-state index in [0.717, 1.165) is 31.1 Å². The maximum absolute atomic E-state index is 13.3. The monoisotopic (exact) mass is 275 g/mol. The topological polar surface area (TPSA) is 37.8 Å². The molecule has 1 N–H and O–H groups in total. The van der Waals surface area contributed by atoms with Crippen LogP contribution in [-0.2, 0) is 0 Å². The van der Waals surface area contributed by atoms with Crippen LogP contribution < -0.4 is 5.32 Å². The molecule has 1 aromatic heterocycles. The highest BCUT2D eigenvalue weighted by atomic mass is 19.1. The first-order valence-corrected chi connectivity index (χ1v) is 6.75. The molecule has 0 radical (unpaired) electrons. The average Bonchev–Trinajstić information content (AvgIpc) is 3.22. The molecular formula is C15H15F2N3. The Kier molecular flexibility index (Phi) is 3.34. The van der Waals surface area contributed by atoms with Crippen molar-refractivity contribution in [2.24, 2.45) is 0 Å². The molecule has 0 unspecified atom stereocenters. The van der Waals surface area contributed by atoms with E-state index in [1.807, 2.05) is 13.0 Å². The highest BCUT2D eigenvalue weighted by Crippen LogP contribution is 2.40. The summed E-state index contributed by atoms with van der Waals surface area (Å²) in [6.07, 6.45) is 2.22. The molecule has 0 saturated heterocycles. The quantitative estimate of drug-likeness (QED) is 0.923. The molecule has 3 rings (SSSR count). The summed E-state index contributed by atoms with van der Waals surface area (Å²) in [7, 11) is 0. The van der Waals surface area contributed by atoms with Gasteiger partial charge in [-0.3, -0.25) is 0 Å². The van der Waals surface area contributed by atoms with Crippen LogP contribution in [0.15, 0.2) is 24.3 Å². The van der Waals surface area contributed by atoms with E-state index in [1.54, 1.807) is 0 Å². The second-order valence-electron chi connectivity index (χ2n) is 4.96. The number of nitrogens with zero attached hydrogens (tertiary/aromatic N) is 2. The Morgan fingerprint density at radius 2 is 1.80 bits per heavy atom. The first-order chi connectivity index (χ1) is 9.65. The van der Waals surface area contributed by atoms with Gasteiger partial charge in [-0.2, -0.15) is 0 Å². The Hall–Kier alpha value is -2.04. The van der Waals surface area contributed by atoms with Gasteiger partial charge in [-0.05, 0) is 31.9 Å². The van der Waals surface area contributed by atoms with Crippen molar-refractivity contribution in [1.29, 1.82) is 0 Å². The Bertz CT molecular complexity index is 619. The molecule has 0 aliphatic heterocycles. The molecule has 5 heteroatoms. The summed E-state index contributed by atoms with van der Waals surface area (Å²) in [6.45, 7) is 2.71. The molecule has 1 aliphatic rings. The van der Waals surface area contributed by atoms with Gasteiger partial charge in [0.15, 0.2) is 5.82 Å². The minimum atomic E-state index is -0.620. The van der Waals surface area contributed by atoms with Crippen molar-refractivity contribution in [3.05, 3.63) is 41.6 Å². The number of aromatic nitrogens is 2. The van der Waals surface area contributed by atoms with E-state index in [-0.39, 0.29) is 0 Å². The smallest absolute Gasteiger partial charge is 0.161 e. The first-order valence-electron chi connectivity index (χ1n) is 6.75. The Morgan fingerprint density at radius 1 is 1.10 bits per heavy atom. The number of rotatable bonds is 4. The Balaban J connectivity index is 2.06. The van der Waals surface area contributed by atoms with E-state index >= 15 is 0 Å². The summed E-state index contributed by atoms with van der Waals surface area (Å²) in [6, 6.07) is 5.27.